The lowest BCUT2D eigenvalue weighted by Crippen LogP contribution is -2.36. The molecule has 3 nitrogen and oxygen atoms in total. The molecule has 0 bridgehead atoms. The molecule has 0 aromatic heterocycles. The predicted molar refractivity (Wildman–Crippen MR) is 64.9 cm³/mol. The molecule has 1 spiro atoms. The van der Waals surface area contributed by atoms with E-state index in [-0.39, 0.29) is 22.6 Å². The third-order valence-electron chi connectivity index (χ3n) is 4.35. The van der Waals surface area contributed by atoms with Gasteiger partial charge in [0.2, 0.25) is 0 Å². The number of nitrogens with zero attached hydrogens (tertiary/aromatic N) is 1. The number of carbonyl (C=O) groups is 1. The molecule has 4 heteroatoms. The quantitative estimate of drug-likeness (QED) is 0.831. The summed E-state index contributed by atoms with van der Waals surface area (Å²) in [7, 11) is 0. The van der Waals surface area contributed by atoms with Gasteiger partial charge in [-0.15, -0.1) is 0 Å². The Balaban J connectivity index is 1.83. The highest BCUT2D eigenvalue weighted by Gasteiger charge is 2.44. The monoisotopic (exact) mass is 249 g/mol. The second kappa shape index (κ2) is 3.97. The average Bonchev–Trinajstić information content (AvgIpc) is 2.73. The number of phenolic OH excluding ortho intramolecular Hbond substituents is 1. The lowest BCUT2D eigenvalue weighted by molar-refractivity contribution is 0.0724. The van der Waals surface area contributed by atoms with Gasteiger partial charge in [-0.2, -0.15) is 0 Å². The minimum atomic E-state index is -0.644. The van der Waals surface area contributed by atoms with Gasteiger partial charge in [0.05, 0.1) is 0 Å². The topological polar surface area (TPSA) is 40.5 Å². The summed E-state index contributed by atoms with van der Waals surface area (Å²) in [6.45, 7) is 1.38. The van der Waals surface area contributed by atoms with Crippen molar-refractivity contribution in [1.82, 2.24) is 4.90 Å². The first-order valence-corrected chi connectivity index (χ1v) is 6.38. The highest BCUT2D eigenvalue weighted by Crippen LogP contribution is 2.48. The lowest BCUT2D eigenvalue weighted by Gasteiger charge is -2.37. The highest BCUT2D eigenvalue weighted by atomic mass is 19.1. The van der Waals surface area contributed by atoms with E-state index in [1.807, 2.05) is 0 Å². The molecule has 0 radical (unpaired) electrons. The molecule has 18 heavy (non-hydrogen) atoms. The van der Waals surface area contributed by atoms with Crippen LogP contribution in [-0.4, -0.2) is 29.0 Å². The first kappa shape index (κ1) is 11.5. The zero-order valence-corrected chi connectivity index (χ0v) is 10.2. The Morgan fingerprint density at radius 1 is 1.33 bits per heavy atom. The van der Waals surface area contributed by atoms with Crippen LogP contribution in [0.3, 0.4) is 0 Å². The van der Waals surface area contributed by atoms with Crippen molar-refractivity contribution in [3.8, 4) is 5.75 Å². The normalized spacial score (nSPS) is 21.1. The smallest absolute Gasteiger partial charge is 0.260 e. The van der Waals surface area contributed by atoms with Crippen molar-refractivity contribution in [2.75, 3.05) is 13.1 Å². The number of carbonyl (C=O) groups excluding carboxylic acids is 1. The number of rotatable bonds is 1. The van der Waals surface area contributed by atoms with Crippen molar-refractivity contribution in [3.63, 3.8) is 0 Å². The van der Waals surface area contributed by atoms with Crippen LogP contribution in [0.1, 0.15) is 36.0 Å². The summed E-state index contributed by atoms with van der Waals surface area (Å²) < 4.78 is 13.6. The standard InChI is InChI=1S/C14H16FNO2/c15-10-3-1-4-11(17)12(10)13(18)16-8-7-14(9-16)5-2-6-14/h1,3-4,17H,2,5-9H2. The van der Waals surface area contributed by atoms with E-state index in [1.165, 1.54) is 37.5 Å². The molecule has 0 unspecified atom stereocenters. The zero-order chi connectivity index (χ0) is 12.8. The van der Waals surface area contributed by atoms with Gasteiger partial charge in [-0.25, -0.2) is 4.39 Å². The van der Waals surface area contributed by atoms with E-state index < -0.39 is 5.82 Å². The maximum absolute atomic E-state index is 13.6. The van der Waals surface area contributed by atoms with E-state index in [4.69, 9.17) is 0 Å². The molecule has 1 aliphatic carbocycles. The van der Waals surface area contributed by atoms with Gasteiger partial charge < -0.3 is 10.0 Å². The van der Waals surface area contributed by atoms with Gasteiger partial charge in [0.15, 0.2) is 0 Å². The van der Waals surface area contributed by atoms with Crippen LogP contribution < -0.4 is 0 Å². The van der Waals surface area contributed by atoms with Crippen LogP contribution >= 0.6 is 0 Å². The predicted octanol–water partition coefficient (Wildman–Crippen LogP) is 2.55. The van der Waals surface area contributed by atoms with Crippen LogP contribution in [0.2, 0.25) is 0 Å². The third-order valence-corrected chi connectivity index (χ3v) is 4.35. The Bertz CT molecular complexity index is 476. The Morgan fingerprint density at radius 3 is 2.67 bits per heavy atom. The number of likely N-dealkylation sites (tertiary alicyclic amines) is 1. The lowest BCUT2D eigenvalue weighted by atomic mass is 9.68. The van der Waals surface area contributed by atoms with E-state index in [0.717, 1.165) is 6.42 Å². The first-order chi connectivity index (χ1) is 8.61. The molecule has 1 saturated carbocycles. The summed E-state index contributed by atoms with van der Waals surface area (Å²) in [5.74, 6) is -1.29. The molecule has 0 atom stereocenters. The van der Waals surface area contributed by atoms with Crippen molar-refractivity contribution in [2.45, 2.75) is 25.7 Å². The molecule has 2 aliphatic rings. The van der Waals surface area contributed by atoms with E-state index in [1.54, 1.807) is 4.90 Å². The SMILES string of the molecule is O=C(c1c(O)cccc1F)N1CCC2(CCC2)C1. The zero-order valence-electron chi connectivity index (χ0n) is 10.2. The molecule has 1 aromatic carbocycles. The highest BCUT2D eigenvalue weighted by molar-refractivity contribution is 5.97. The number of phenols is 1. The number of aromatic hydroxyl groups is 1. The summed E-state index contributed by atoms with van der Waals surface area (Å²) in [6.07, 6.45) is 4.57. The molecule has 1 aromatic rings. The van der Waals surface area contributed by atoms with E-state index >= 15 is 0 Å². The number of benzene rings is 1. The average molecular weight is 249 g/mol. The fourth-order valence-corrected chi connectivity index (χ4v) is 3.08. The largest absolute Gasteiger partial charge is 0.507 e. The van der Waals surface area contributed by atoms with E-state index in [0.29, 0.717) is 13.1 Å². The van der Waals surface area contributed by atoms with Gasteiger partial charge in [-0.1, -0.05) is 12.5 Å². The van der Waals surface area contributed by atoms with Crippen LogP contribution in [0.5, 0.6) is 5.75 Å². The number of amides is 1. The fraction of sp³-hybridized carbons (Fsp3) is 0.500. The molecule has 1 N–H and O–H groups in total. The van der Waals surface area contributed by atoms with Crippen molar-refractivity contribution >= 4 is 5.91 Å². The summed E-state index contributed by atoms with van der Waals surface area (Å²) in [6, 6.07) is 3.96. The van der Waals surface area contributed by atoms with Crippen LogP contribution in [0.15, 0.2) is 18.2 Å². The van der Waals surface area contributed by atoms with Crippen LogP contribution in [0.4, 0.5) is 4.39 Å². The van der Waals surface area contributed by atoms with Gasteiger partial charge in [-0.3, -0.25) is 4.79 Å². The first-order valence-electron chi connectivity index (χ1n) is 6.38. The van der Waals surface area contributed by atoms with Crippen molar-refractivity contribution in [2.24, 2.45) is 5.41 Å². The maximum Gasteiger partial charge on any atom is 0.260 e. The molecule has 1 amide bonds. The molecular formula is C14H16FNO2. The maximum atomic E-state index is 13.6. The molecule has 2 fully saturated rings. The van der Waals surface area contributed by atoms with Crippen molar-refractivity contribution < 1.29 is 14.3 Å². The summed E-state index contributed by atoms with van der Waals surface area (Å²) in [5, 5.41) is 9.64. The van der Waals surface area contributed by atoms with Crippen molar-refractivity contribution in [3.05, 3.63) is 29.6 Å². The summed E-state index contributed by atoms with van der Waals surface area (Å²) in [5.41, 5.74) is 0.102. The molecule has 1 saturated heterocycles. The van der Waals surface area contributed by atoms with Crippen LogP contribution in [0, 0.1) is 11.2 Å². The molecule has 1 heterocycles. The number of halogens is 1. The minimum absolute atomic E-state index is 0.186. The second-order valence-corrected chi connectivity index (χ2v) is 5.46. The number of hydrogen-bond acceptors (Lipinski definition) is 2. The summed E-state index contributed by atoms with van der Waals surface area (Å²) >= 11 is 0. The van der Waals surface area contributed by atoms with Gasteiger partial charge >= 0.3 is 0 Å². The van der Waals surface area contributed by atoms with Crippen molar-refractivity contribution in [1.29, 1.82) is 0 Å². The Hall–Kier alpha value is -1.58. The Morgan fingerprint density at radius 2 is 2.11 bits per heavy atom. The van der Waals surface area contributed by atoms with E-state index in [2.05, 4.69) is 0 Å². The third kappa shape index (κ3) is 1.67. The minimum Gasteiger partial charge on any atom is -0.507 e. The Kier molecular flexibility index (Phi) is 2.54. The molecule has 96 valence electrons. The van der Waals surface area contributed by atoms with Gasteiger partial charge in [0, 0.05) is 13.1 Å². The fourth-order valence-electron chi connectivity index (χ4n) is 3.08. The van der Waals surface area contributed by atoms with Gasteiger partial charge in [0.1, 0.15) is 17.1 Å². The Labute approximate surface area is 105 Å². The van der Waals surface area contributed by atoms with Crippen LogP contribution in [-0.2, 0) is 0 Å². The molecular weight excluding hydrogens is 233 g/mol. The number of hydrogen-bond donors (Lipinski definition) is 1. The van der Waals surface area contributed by atoms with Crippen LogP contribution in [0.25, 0.3) is 0 Å². The van der Waals surface area contributed by atoms with Gasteiger partial charge in [-0.05, 0) is 36.8 Å². The second-order valence-electron chi connectivity index (χ2n) is 5.46. The van der Waals surface area contributed by atoms with E-state index in [9.17, 15) is 14.3 Å². The molecule has 1 aliphatic heterocycles. The molecule has 3 rings (SSSR count). The summed E-state index contributed by atoms with van der Waals surface area (Å²) in [4.78, 5) is 13.9. The van der Waals surface area contributed by atoms with Gasteiger partial charge in [0.25, 0.3) is 5.91 Å².